The van der Waals surface area contributed by atoms with Gasteiger partial charge in [0, 0.05) is 61.7 Å². The highest BCUT2D eigenvalue weighted by atomic mass is 19.4. The van der Waals surface area contributed by atoms with E-state index in [-0.39, 0.29) is 5.56 Å². The van der Waals surface area contributed by atoms with Crippen molar-refractivity contribution in [1.82, 2.24) is 19.0 Å². The molecule has 1 aliphatic rings. The molecule has 0 unspecified atom stereocenters. The molecule has 0 saturated heterocycles. The summed E-state index contributed by atoms with van der Waals surface area (Å²) in [4.78, 5) is 19.2. The molecule has 0 radical (unpaired) electrons. The molecule has 4 aromatic rings. The number of likely N-dealkylation sites (N-methyl/N-ethyl adjacent to an activating group) is 1. The van der Waals surface area contributed by atoms with Gasteiger partial charge in [-0.2, -0.15) is 13.2 Å². The van der Waals surface area contributed by atoms with Crippen LogP contribution in [0.4, 0.5) is 13.2 Å². The van der Waals surface area contributed by atoms with E-state index in [1.807, 2.05) is 12.1 Å². The number of fused-ring (bicyclic) bond motifs is 3. The van der Waals surface area contributed by atoms with Gasteiger partial charge in [0.05, 0.1) is 22.5 Å². The van der Waals surface area contributed by atoms with E-state index >= 15 is 0 Å². The van der Waals surface area contributed by atoms with E-state index in [4.69, 9.17) is 0 Å². The van der Waals surface area contributed by atoms with Gasteiger partial charge in [-0.25, -0.2) is 0 Å². The Balaban J connectivity index is 1.50. The van der Waals surface area contributed by atoms with E-state index < -0.39 is 11.7 Å². The van der Waals surface area contributed by atoms with Crippen molar-refractivity contribution in [3.63, 3.8) is 0 Å². The molecule has 8 heteroatoms. The Hall–Kier alpha value is -3.39. The molecular formula is C25H23F3N4O. The maximum Gasteiger partial charge on any atom is 0.417 e. The molecule has 1 aliphatic heterocycles. The van der Waals surface area contributed by atoms with Crippen LogP contribution >= 0.6 is 0 Å². The van der Waals surface area contributed by atoms with E-state index in [2.05, 4.69) is 34.5 Å². The number of benzene rings is 1. The van der Waals surface area contributed by atoms with Crippen LogP contribution in [0.25, 0.3) is 27.8 Å². The highest BCUT2D eigenvalue weighted by Crippen LogP contribution is 2.32. The average Bonchev–Trinajstić information content (AvgIpc) is 3.09. The number of hydrogen-bond acceptors (Lipinski definition) is 3. The molecule has 0 fully saturated rings. The zero-order valence-corrected chi connectivity index (χ0v) is 18.4. The van der Waals surface area contributed by atoms with Crippen LogP contribution in [0.1, 0.15) is 23.7 Å². The van der Waals surface area contributed by atoms with Gasteiger partial charge in [0.25, 0.3) is 5.56 Å². The third-order valence-electron chi connectivity index (χ3n) is 6.50. The van der Waals surface area contributed by atoms with Crippen molar-refractivity contribution in [2.24, 2.45) is 7.05 Å². The fraction of sp³-hybridized carbons (Fsp3) is 0.280. The summed E-state index contributed by atoms with van der Waals surface area (Å²) in [7, 11) is 2.06. The van der Waals surface area contributed by atoms with Crippen LogP contribution in [0.2, 0.25) is 0 Å². The summed E-state index contributed by atoms with van der Waals surface area (Å²) in [6.45, 7) is 5.16. The Bertz CT molecular complexity index is 1400. The lowest BCUT2D eigenvalue weighted by atomic mass is 10.0. The predicted molar refractivity (Wildman–Crippen MR) is 121 cm³/mol. The van der Waals surface area contributed by atoms with Crippen LogP contribution in [0.5, 0.6) is 0 Å². The van der Waals surface area contributed by atoms with Gasteiger partial charge >= 0.3 is 6.18 Å². The highest BCUT2D eigenvalue weighted by molar-refractivity contribution is 5.87. The average molecular weight is 452 g/mol. The summed E-state index contributed by atoms with van der Waals surface area (Å²) in [6, 6.07) is 11.4. The van der Waals surface area contributed by atoms with Crippen molar-refractivity contribution in [3.05, 3.63) is 82.0 Å². The summed E-state index contributed by atoms with van der Waals surface area (Å²) in [5.41, 5.74) is 4.20. The minimum Gasteiger partial charge on any atom is -0.347 e. The standard InChI is InChI=1S/C25H23F3N4O/c1-3-31-10-9-22-20(15-31)19-6-5-18(13-23(19)30(22)2)32-11-8-16(12-24(32)33)21-7-4-17(14-29-21)25(26,27)28/h4-8,11-14H,3,9-10,15H2,1-2H3. The predicted octanol–water partition coefficient (Wildman–Crippen LogP) is 4.79. The molecule has 0 N–H and O–H groups in total. The molecular weight excluding hydrogens is 429 g/mol. The molecule has 0 aliphatic carbocycles. The highest BCUT2D eigenvalue weighted by Gasteiger charge is 2.30. The number of aromatic nitrogens is 3. The smallest absolute Gasteiger partial charge is 0.347 e. The monoisotopic (exact) mass is 452 g/mol. The minimum atomic E-state index is -4.45. The van der Waals surface area contributed by atoms with Gasteiger partial charge in [0.15, 0.2) is 0 Å². The first-order valence-electron chi connectivity index (χ1n) is 10.9. The Morgan fingerprint density at radius 3 is 2.58 bits per heavy atom. The van der Waals surface area contributed by atoms with Crippen LogP contribution in [0, 0.1) is 0 Å². The topological polar surface area (TPSA) is 43.1 Å². The number of halogens is 3. The Labute approximate surface area is 188 Å². The first-order valence-corrected chi connectivity index (χ1v) is 10.9. The van der Waals surface area contributed by atoms with Gasteiger partial charge in [-0.1, -0.05) is 13.0 Å². The number of pyridine rings is 2. The maximum atomic E-state index is 12.9. The number of alkyl halides is 3. The summed E-state index contributed by atoms with van der Waals surface area (Å²) in [5, 5.41) is 1.20. The summed E-state index contributed by atoms with van der Waals surface area (Å²) in [6.07, 6.45) is -1.03. The second-order valence-corrected chi connectivity index (χ2v) is 8.36. The number of nitrogens with zero attached hydrogens (tertiary/aromatic N) is 4. The van der Waals surface area contributed by atoms with Crippen LogP contribution in [-0.2, 0) is 26.2 Å². The van der Waals surface area contributed by atoms with Crippen molar-refractivity contribution < 1.29 is 13.2 Å². The SMILES string of the molecule is CCN1CCc2c(c3ccc(-n4ccc(-c5ccc(C(F)(F)F)cn5)cc4=O)cc3n2C)C1. The molecule has 170 valence electrons. The second kappa shape index (κ2) is 7.88. The van der Waals surface area contributed by atoms with Crippen molar-refractivity contribution in [3.8, 4) is 16.9 Å². The van der Waals surface area contributed by atoms with E-state index in [1.165, 1.54) is 33.3 Å². The first kappa shape index (κ1) is 21.5. The third-order valence-corrected chi connectivity index (χ3v) is 6.50. The van der Waals surface area contributed by atoms with Gasteiger partial charge in [0.1, 0.15) is 0 Å². The number of rotatable bonds is 3. The van der Waals surface area contributed by atoms with Crippen molar-refractivity contribution in [2.75, 3.05) is 13.1 Å². The molecule has 4 heterocycles. The van der Waals surface area contributed by atoms with Crippen molar-refractivity contribution in [1.29, 1.82) is 0 Å². The molecule has 0 saturated carbocycles. The van der Waals surface area contributed by atoms with Gasteiger partial charge < -0.3 is 4.57 Å². The molecule has 0 amide bonds. The van der Waals surface area contributed by atoms with E-state index in [0.717, 1.165) is 49.5 Å². The van der Waals surface area contributed by atoms with Crippen molar-refractivity contribution in [2.45, 2.75) is 26.1 Å². The van der Waals surface area contributed by atoms with Crippen molar-refractivity contribution >= 4 is 10.9 Å². The first-order chi connectivity index (χ1) is 15.8. The number of aryl methyl sites for hydroxylation is 1. The Morgan fingerprint density at radius 1 is 1.09 bits per heavy atom. The maximum absolute atomic E-state index is 12.9. The van der Waals surface area contributed by atoms with Crippen LogP contribution in [-0.4, -0.2) is 32.1 Å². The Morgan fingerprint density at radius 2 is 1.91 bits per heavy atom. The molecule has 33 heavy (non-hydrogen) atoms. The van der Waals surface area contributed by atoms with Crippen LogP contribution in [0.3, 0.4) is 0 Å². The zero-order chi connectivity index (χ0) is 23.3. The molecule has 1 aromatic carbocycles. The number of hydrogen-bond donors (Lipinski definition) is 0. The van der Waals surface area contributed by atoms with E-state index in [0.29, 0.717) is 11.3 Å². The van der Waals surface area contributed by atoms with E-state index in [9.17, 15) is 18.0 Å². The normalized spacial score (nSPS) is 14.6. The van der Waals surface area contributed by atoms with Gasteiger partial charge in [0.2, 0.25) is 0 Å². The summed E-state index contributed by atoms with van der Waals surface area (Å²) < 4.78 is 42.1. The van der Waals surface area contributed by atoms with Gasteiger partial charge in [-0.3, -0.25) is 19.2 Å². The third kappa shape index (κ3) is 3.74. The lowest BCUT2D eigenvalue weighted by Crippen LogP contribution is -2.30. The molecule has 3 aromatic heterocycles. The van der Waals surface area contributed by atoms with Gasteiger partial charge in [-0.05, 0) is 42.4 Å². The molecule has 0 bridgehead atoms. The Kier molecular flexibility index (Phi) is 5.12. The molecule has 0 atom stereocenters. The largest absolute Gasteiger partial charge is 0.417 e. The van der Waals surface area contributed by atoms with E-state index in [1.54, 1.807) is 12.3 Å². The van der Waals surface area contributed by atoms with Gasteiger partial charge in [-0.15, -0.1) is 0 Å². The summed E-state index contributed by atoms with van der Waals surface area (Å²) >= 11 is 0. The minimum absolute atomic E-state index is 0.273. The summed E-state index contributed by atoms with van der Waals surface area (Å²) in [5.74, 6) is 0. The quantitative estimate of drug-likeness (QED) is 0.449. The lowest BCUT2D eigenvalue weighted by molar-refractivity contribution is -0.137. The molecule has 5 nitrogen and oxygen atoms in total. The molecule has 5 rings (SSSR count). The lowest BCUT2D eigenvalue weighted by Gasteiger charge is -2.26. The molecule has 0 spiro atoms. The van der Waals surface area contributed by atoms with Crippen LogP contribution in [0.15, 0.2) is 59.7 Å². The van der Waals surface area contributed by atoms with Crippen LogP contribution < -0.4 is 5.56 Å². The fourth-order valence-electron chi connectivity index (χ4n) is 4.62. The second-order valence-electron chi connectivity index (χ2n) is 8.36. The fourth-order valence-corrected chi connectivity index (χ4v) is 4.62. The zero-order valence-electron chi connectivity index (χ0n) is 18.4.